The van der Waals surface area contributed by atoms with Gasteiger partial charge in [-0.25, -0.2) is 0 Å². The molecule has 1 amide bonds. The quantitative estimate of drug-likeness (QED) is 0.843. The highest BCUT2D eigenvalue weighted by atomic mass is 35.5. The molecule has 90 valence electrons. The molecule has 3 nitrogen and oxygen atoms in total. The Morgan fingerprint density at radius 3 is 2.50 bits per heavy atom. The van der Waals surface area contributed by atoms with E-state index in [-0.39, 0.29) is 28.5 Å². The van der Waals surface area contributed by atoms with Crippen LogP contribution in [-0.4, -0.2) is 23.2 Å². The first-order chi connectivity index (χ1) is 7.58. The van der Waals surface area contributed by atoms with Crippen molar-refractivity contribution in [2.45, 2.75) is 18.9 Å². The number of carbonyl (C=O) groups excluding carboxylic acids is 1. The van der Waals surface area contributed by atoms with Crippen molar-refractivity contribution in [2.24, 2.45) is 0 Å². The molecule has 1 aromatic rings. The molecule has 1 aromatic heterocycles. The summed E-state index contributed by atoms with van der Waals surface area (Å²) in [5.41, 5.74) is -0.324. The van der Waals surface area contributed by atoms with Crippen molar-refractivity contribution in [1.82, 2.24) is 5.32 Å². The lowest BCUT2D eigenvalue weighted by Crippen LogP contribution is -2.51. The first-order valence-electron chi connectivity index (χ1n) is 4.76. The number of rotatable bonds is 5. The van der Waals surface area contributed by atoms with Crippen LogP contribution in [-0.2, 0) is 0 Å². The fraction of sp³-hybridized carbons (Fsp3) is 0.500. The van der Waals surface area contributed by atoms with Crippen LogP contribution in [0.25, 0.3) is 0 Å². The van der Waals surface area contributed by atoms with Crippen LogP contribution in [0.2, 0.25) is 5.22 Å². The Balaban J connectivity index is 2.81. The molecule has 0 spiro atoms. The minimum Gasteiger partial charge on any atom is -0.452 e. The number of carbonyl (C=O) groups is 1. The first kappa shape index (κ1) is 13.7. The zero-order valence-electron chi connectivity index (χ0n) is 8.73. The van der Waals surface area contributed by atoms with Gasteiger partial charge in [0.1, 0.15) is 0 Å². The molecule has 1 rings (SSSR count). The molecule has 0 saturated carbocycles. The molecule has 0 saturated heterocycles. The summed E-state index contributed by atoms with van der Waals surface area (Å²) in [5, 5.41) is 2.84. The maximum Gasteiger partial charge on any atom is 0.256 e. The van der Waals surface area contributed by atoms with Crippen molar-refractivity contribution in [2.75, 3.05) is 11.8 Å². The Kier molecular flexibility index (Phi) is 4.96. The number of amides is 1. The lowest BCUT2D eigenvalue weighted by atomic mass is 10.0. The van der Waals surface area contributed by atoms with Crippen molar-refractivity contribution in [3.63, 3.8) is 0 Å². The second kappa shape index (κ2) is 5.80. The smallest absolute Gasteiger partial charge is 0.256 e. The van der Waals surface area contributed by atoms with Gasteiger partial charge in [-0.3, -0.25) is 4.79 Å². The van der Waals surface area contributed by atoms with Crippen LogP contribution in [0.15, 0.2) is 16.7 Å². The van der Waals surface area contributed by atoms with Gasteiger partial charge in [-0.15, -0.1) is 23.2 Å². The van der Waals surface area contributed by atoms with Gasteiger partial charge < -0.3 is 9.73 Å². The Morgan fingerprint density at radius 2 is 2.12 bits per heavy atom. The molecule has 0 bridgehead atoms. The van der Waals surface area contributed by atoms with E-state index in [9.17, 15) is 4.79 Å². The number of alkyl halides is 2. The summed E-state index contributed by atoms with van der Waals surface area (Å²) in [6, 6.07) is 1.50. The zero-order valence-corrected chi connectivity index (χ0v) is 11.0. The van der Waals surface area contributed by atoms with E-state index in [1.54, 1.807) is 0 Å². The Labute approximate surface area is 109 Å². The number of hydrogen-bond donors (Lipinski definition) is 1. The van der Waals surface area contributed by atoms with E-state index in [1.165, 1.54) is 12.3 Å². The molecule has 6 heteroatoms. The van der Waals surface area contributed by atoms with E-state index < -0.39 is 5.54 Å². The first-order valence-corrected chi connectivity index (χ1v) is 6.20. The summed E-state index contributed by atoms with van der Waals surface area (Å²) >= 11 is 17.3. The fourth-order valence-electron chi connectivity index (χ4n) is 1.14. The maximum atomic E-state index is 11.8. The topological polar surface area (TPSA) is 42.2 Å². The van der Waals surface area contributed by atoms with Crippen LogP contribution in [0.3, 0.4) is 0 Å². The molecule has 0 fully saturated rings. The SMILES string of the molecule is CCC(CCl)(CCl)NC(=O)c1ccoc1Cl. The average Bonchev–Trinajstić information content (AvgIpc) is 2.72. The minimum atomic E-state index is -0.610. The predicted molar refractivity (Wildman–Crippen MR) is 65.6 cm³/mol. The van der Waals surface area contributed by atoms with Gasteiger partial charge in [-0.05, 0) is 24.1 Å². The fourth-order valence-corrected chi connectivity index (χ4v) is 2.14. The highest BCUT2D eigenvalue weighted by Gasteiger charge is 2.29. The second-order valence-electron chi connectivity index (χ2n) is 3.46. The van der Waals surface area contributed by atoms with Crippen LogP contribution in [0.1, 0.15) is 23.7 Å². The molecule has 0 aliphatic heterocycles. The largest absolute Gasteiger partial charge is 0.452 e. The standard InChI is InChI=1S/C10H12Cl3NO2/c1-2-10(5-11,6-12)14-9(15)7-3-4-16-8(7)13/h3-4H,2,5-6H2,1H3,(H,14,15). The van der Waals surface area contributed by atoms with Crippen LogP contribution in [0.5, 0.6) is 0 Å². The molecule has 1 N–H and O–H groups in total. The molecule has 16 heavy (non-hydrogen) atoms. The normalized spacial score (nSPS) is 11.5. The van der Waals surface area contributed by atoms with E-state index in [4.69, 9.17) is 39.2 Å². The van der Waals surface area contributed by atoms with Crippen molar-refractivity contribution < 1.29 is 9.21 Å². The van der Waals surface area contributed by atoms with Gasteiger partial charge in [-0.1, -0.05) is 6.92 Å². The van der Waals surface area contributed by atoms with Gasteiger partial charge in [0, 0.05) is 11.8 Å². The van der Waals surface area contributed by atoms with E-state index in [2.05, 4.69) is 5.32 Å². The number of halogens is 3. The molecule has 0 aromatic carbocycles. The molecule has 0 aliphatic carbocycles. The third-order valence-electron chi connectivity index (χ3n) is 2.43. The van der Waals surface area contributed by atoms with Crippen LogP contribution >= 0.6 is 34.8 Å². The van der Waals surface area contributed by atoms with Gasteiger partial charge in [0.15, 0.2) is 0 Å². The third kappa shape index (κ3) is 2.84. The molecule has 0 atom stereocenters. The summed E-state index contributed by atoms with van der Waals surface area (Å²) in [4.78, 5) is 11.8. The summed E-state index contributed by atoms with van der Waals surface area (Å²) in [5.74, 6) is 0.157. The lowest BCUT2D eigenvalue weighted by Gasteiger charge is -2.29. The van der Waals surface area contributed by atoms with Gasteiger partial charge in [0.05, 0.1) is 17.4 Å². The van der Waals surface area contributed by atoms with E-state index >= 15 is 0 Å². The van der Waals surface area contributed by atoms with Crippen LogP contribution < -0.4 is 5.32 Å². The number of hydrogen-bond acceptors (Lipinski definition) is 2. The van der Waals surface area contributed by atoms with Crippen molar-refractivity contribution in [3.05, 3.63) is 23.1 Å². The highest BCUT2D eigenvalue weighted by Crippen LogP contribution is 2.20. The van der Waals surface area contributed by atoms with E-state index in [0.29, 0.717) is 6.42 Å². The summed E-state index contributed by atoms with van der Waals surface area (Å²) in [6.45, 7) is 1.90. The van der Waals surface area contributed by atoms with Crippen LogP contribution in [0, 0.1) is 0 Å². The summed E-state index contributed by atoms with van der Waals surface area (Å²) in [6.07, 6.45) is 1.99. The van der Waals surface area contributed by atoms with Crippen molar-refractivity contribution in [1.29, 1.82) is 0 Å². The number of furan rings is 1. The Morgan fingerprint density at radius 1 is 1.50 bits per heavy atom. The highest BCUT2D eigenvalue weighted by molar-refractivity contribution is 6.32. The molecule has 0 radical (unpaired) electrons. The average molecular weight is 285 g/mol. The number of nitrogens with one attached hydrogen (secondary N) is 1. The van der Waals surface area contributed by atoms with Gasteiger partial charge >= 0.3 is 0 Å². The van der Waals surface area contributed by atoms with E-state index in [1.807, 2.05) is 6.92 Å². The van der Waals surface area contributed by atoms with Gasteiger partial charge in [0.25, 0.3) is 5.91 Å². The zero-order chi connectivity index (χ0) is 12.2. The molecule has 0 aliphatic rings. The molecular weight excluding hydrogens is 272 g/mol. The third-order valence-corrected chi connectivity index (χ3v) is 3.75. The van der Waals surface area contributed by atoms with Gasteiger partial charge in [-0.2, -0.15) is 0 Å². The van der Waals surface area contributed by atoms with Gasteiger partial charge in [0.2, 0.25) is 5.22 Å². The Hall–Kier alpha value is -0.380. The van der Waals surface area contributed by atoms with Crippen LogP contribution in [0.4, 0.5) is 0 Å². The van der Waals surface area contributed by atoms with Crippen molar-refractivity contribution in [3.8, 4) is 0 Å². The maximum absolute atomic E-state index is 11.8. The molecule has 0 unspecified atom stereocenters. The second-order valence-corrected chi connectivity index (χ2v) is 4.34. The lowest BCUT2D eigenvalue weighted by molar-refractivity contribution is 0.0913. The van der Waals surface area contributed by atoms with E-state index in [0.717, 1.165) is 0 Å². The monoisotopic (exact) mass is 283 g/mol. The molecular formula is C10H12Cl3NO2. The predicted octanol–water partition coefficient (Wildman–Crippen LogP) is 3.29. The minimum absolute atomic E-state index is 0.0617. The Bertz CT molecular complexity index is 352. The molecule has 1 heterocycles. The summed E-state index contributed by atoms with van der Waals surface area (Å²) < 4.78 is 4.84. The summed E-state index contributed by atoms with van der Waals surface area (Å²) in [7, 11) is 0. The van der Waals surface area contributed by atoms with Crippen molar-refractivity contribution >= 4 is 40.7 Å².